The summed E-state index contributed by atoms with van der Waals surface area (Å²) in [6.07, 6.45) is 5.18. The van der Waals surface area contributed by atoms with Crippen molar-refractivity contribution in [1.82, 2.24) is 14.8 Å². The van der Waals surface area contributed by atoms with Gasteiger partial charge in [0.2, 0.25) is 5.91 Å². The molecule has 0 bridgehead atoms. The van der Waals surface area contributed by atoms with E-state index in [0.29, 0.717) is 36.0 Å². The quantitative estimate of drug-likeness (QED) is 0.318. The second-order valence-electron chi connectivity index (χ2n) is 10.8. The number of likely N-dealkylation sites (tertiary alicyclic amines) is 2. The number of benzene rings is 2. The van der Waals surface area contributed by atoms with E-state index in [0.717, 1.165) is 50.2 Å². The number of ketones is 1. The van der Waals surface area contributed by atoms with Gasteiger partial charge in [-0.15, -0.1) is 11.3 Å². The van der Waals surface area contributed by atoms with Crippen LogP contribution >= 0.6 is 11.3 Å². The van der Waals surface area contributed by atoms with E-state index in [2.05, 4.69) is 24.3 Å². The average Bonchev–Trinajstić information content (AvgIpc) is 3.51. The van der Waals surface area contributed by atoms with Crippen LogP contribution in [0.1, 0.15) is 75.9 Å². The fourth-order valence-electron chi connectivity index (χ4n) is 5.70. The van der Waals surface area contributed by atoms with E-state index in [1.807, 2.05) is 21.2 Å². The minimum absolute atomic E-state index is 0.0194. The predicted molar refractivity (Wildman–Crippen MR) is 156 cm³/mol. The number of rotatable bonds is 9. The largest absolute Gasteiger partial charge is 0.497 e. The van der Waals surface area contributed by atoms with Gasteiger partial charge in [-0.05, 0) is 67.9 Å². The summed E-state index contributed by atoms with van der Waals surface area (Å²) in [7, 11) is 1.59. The Balaban J connectivity index is 1.05. The number of methoxy groups -OCH3 is 1. The molecule has 0 atom stereocenters. The molecule has 5 rings (SSSR count). The summed E-state index contributed by atoms with van der Waals surface area (Å²) in [5, 5.41) is 2.89. The van der Waals surface area contributed by atoms with E-state index in [1.165, 1.54) is 5.56 Å². The van der Waals surface area contributed by atoms with Crippen LogP contribution in [0.25, 0.3) is 0 Å². The molecule has 0 saturated carbocycles. The van der Waals surface area contributed by atoms with Crippen LogP contribution in [0.5, 0.6) is 5.75 Å². The van der Waals surface area contributed by atoms with E-state index in [1.54, 1.807) is 42.7 Å². The molecule has 2 aliphatic rings. The van der Waals surface area contributed by atoms with Crippen LogP contribution in [0.15, 0.2) is 60.0 Å². The van der Waals surface area contributed by atoms with Crippen molar-refractivity contribution in [3.05, 3.63) is 81.8 Å². The molecule has 2 aliphatic heterocycles. The molecule has 3 heterocycles. The van der Waals surface area contributed by atoms with E-state index in [9.17, 15) is 14.4 Å². The highest BCUT2D eigenvalue weighted by Gasteiger charge is 2.29. The lowest BCUT2D eigenvalue weighted by molar-refractivity contribution is -0.132. The summed E-state index contributed by atoms with van der Waals surface area (Å²) in [4.78, 5) is 46.9. The first-order valence-electron chi connectivity index (χ1n) is 14.2. The SMILES string of the molecule is COc1ccc(C(=O)CCC(=O)N2CCC(c3nc(C(=O)N4CCC(Cc5ccccc5)CC4)cs3)CC2)cc1. The minimum Gasteiger partial charge on any atom is -0.497 e. The average molecular weight is 560 g/mol. The number of thiazole rings is 1. The maximum Gasteiger partial charge on any atom is 0.273 e. The number of hydrogen-bond acceptors (Lipinski definition) is 6. The highest BCUT2D eigenvalue weighted by molar-refractivity contribution is 7.09. The van der Waals surface area contributed by atoms with Crippen LogP contribution in [0.2, 0.25) is 0 Å². The van der Waals surface area contributed by atoms with Gasteiger partial charge in [-0.2, -0.15) is 0 Å². The van der Waals surface area contributed by atoms with Gasteiger partial charge in [0.1, 0.15) is 11.4 Å². The topological polar surface area (TPSA) is 79.8 Å². The lowest BCUT2D eigenvalue weighted by Gasteiger charge is -2.32. The molecule has 1 aromatic heterocycles. The summed E-state index contributed by atoms with van der Waals surface area (Å²) < 4.78 is 5.13. The Bertz CT molecular complexity index is 1290. The van der Waals surface area contributed by atoms with E-state index in [4.69, 9.17) is 9.72 Å². The van der Waals surface area contributed by atoms with E-state index < -0.39 is 0 Å². The monoisotopic (exact) mass is 559 g/mol. The molecule has 2 fully saturated rings. The molecule has 2 saturated heterocycles. The number of carbonyl (C=O) groups is 3. The van der Waals surface area contributed by atoms with Crippen LogP contribution < -0.4 is 4.74 Å². The van der Waals surface area contributed by atoms with Gasteiger partial charge in [0.15, 0.2) is 5.78 Å². The van der Waals surface area contributed by atoms with Gasteiger partial charge in [-0.3, -0.25) is 14.4 Å². The fraction of sp³-hybridized carbons (Fsp3) is 0.438. The molecule has 7 nitrogen and oxygen atoms in total. The Morgan fingerprint density at radius 1 is 0.875 bits per heavy atom. The standard InChI is InChI=1S/C32H37N3O4S/c1-39-27-9-7-25(8-10-27)29(36)11-12-30(37)34-19-15-26(16-20-34)31-33-28(22-40-31)32(38)35-17-13-24(14-18-35)21-23-5-3-2-4-6-23/h2-10,22,24,26H,11-21H2,1H3. The first-order chi connectivity index (χ1) is 19.5. The summed E-state index contributed by atoms with van der Waals surface area (Å²) in [6.45, 7) is 2.87. The Kier molecular flexibility index (Phi) is 9.26. The van der Waals surface area contributed by atoms with Gasteiger partial charge in [-0.25, -0.2) is 4.98 Å². The summed E-state index contributed by atoms with van der Waals surface area (Å²) in [6, 6.07) is 17.6. The second-order valence-corrected chi connectivity index (χ2v) is 11.7. The summed E-state index contributed by atoms with van der Waals surface area (Å²) in [5.41, 5.74) is 2.52. The maximum atomic E-state index is 13.1. The number of aromatic nitrogens is 1. The maximum absolute atomic E-state index is 13.1. The Labute approximate surface area is 240 Å². The zero-order valence-electron chi connectivity index (χ0n) is 23.1. The third kappa shape index (κ3) is 6.97. The smallest absolute Gasteiger partial charge is 0.273 e. The summed E-state index contributed by atoms with van der Waals surface area (Å²) in [5.74, 6) is 1.59. The zero-order valence-corrected chi connectivity index (χ0v) is 23.9. The molecular formula is C32H37N3O4S. The van der Waals surface area contributed by atoms with Gasteiger partial charge in [0.25, 0.3) is 5.91 Å². The van der Waals surface area contributed by atoms with Crippen molar-refractivity contribution in [1.29, 1.82) is 0 Å². The molecule has 2 amide bonds. The number of amides is 2. The second kappa shape index (κ2) is 13.2. The fourth-order valence-corrected chi connectivity index (χ4v) is 6.66. The predicted octanol–water partition coefficient (Wildman–Crippen LogP) is 5.62. The van der Waals surface area contributed by atoms with Gasteiger partial charge in [0.05, 0.1) is 12.1 Å². The lowest BCUT2D eigenvalue weighted by atomic mass is 9.90. The first-order valence-corrected chi connectivity index (χ1v) is 15.1. The van der Waals surface area contributed by atoms with Crippen LogP contribution in [-0.2, 0) is 11.2 Å². The van der Waals surface area contributed by atoms with Crippen molar-refractivity contribution in [2.75, 3.05) is 33.3 Å². The van der Waals surface area contributed by atoms with Gasteiger partial charge in [0, 0.05) is 55.9 Å². The number of Topliss-reactive ketones (excluding diaryl/α,β-unsaturated/α-hetero) is 1. The number of ether oxygens (including phenoxy) is 1. The molecule has 3 aromatic rings. The van der Waals surface area contributed by atoms with E-state index >= 15 is 0 Å². The molecule has 210 valence electrons. The molecule has 0 spiro atoms. The molecule has 8 heteroatoms. The molecule has 0 unspecified atom stereocenters. The zero-order chi connectivity index (χ0) is 27.9. The molecule has 0 N–H and O–H groups in total. The van der Waals surface area contributed by atoms with Gasteiger partial charge >= 0.3 is 0 Å². The van der Waals surface area contributed by atoms with Crippen molar-refractivity contribution >= 4 is 28.9 Å². The van der Waals surface area contributed by atoms with Gasteiger partial charge in [-0.1, -0.05) is 30.3 Å². The normalized spacial score (nSPS) is 16.6. The number of nitrogens with zero attached hydrogens (tertiary/aromatic N) is 3. The number of piperidine rings is 2. The molecular weight excluding hydrogens is 522 g/mol. The molecule has 0 radical (unpaired) electrons. The third-order valence-electron chi connectivity index (χ3n) is 8.18. The Morgan fingerprint density at radius 2 is 1.55 bits per heavy atom. The highest BCUT2D eigenvalue weighted by atomic mass is 32.1. The van der Waals surface area contributed by atoms with Crippen LogP contribution in [0.3, 0.4) is 0 Å². The van der Waals surface area contributed by atoms with Crippen LogP contribution in [-0.4, -0.2) is 65.7 Å². The van der Waals surface area contributed by atoms with Crippen molar-refractivity contribution in [2.45, 2.75) is 50.9 Å². The van der Waals surface area contributed by atoms with E-state index in [-0.39, 0.29) is 36.4 Å². The van der Waals surface area contributed by atoms with Crippen molar-refractivity contribution in [2.24, 2.45) is 5.92 Å². The summed E-state index contributed by atoms with van der Waals surface area (Å²) >= 11 is 1.56. The molecule has 2 aromatic carbocycles. The van der Waals surface area contributed by atoms with Crippen LogP contribution in [0.4, 0.5) is 0 Å². The molecule has 40 heavy (non-hydrogen) atoms. The lowest BCUT2D eigenvalue weighted by Crippen LogP contribution is -2.39. The Morgan fingerprint density at radius 3 is 2.23 bits per heavy atom. The van der Waals surface area contributed by atoms with Crippen molar-refractivity contribution in [3.63, 3.8) is 0 Å². The first kappa shape index (κ1) is 28.0. The van der Waals surface area contributed by atoms with Crippen molar-refractivity contribution < 1.29 is 19.1 Å². The molecule has 0 aliphatic carbocycles. The van der Waals surface area contributed by atoms with Crippen molar-refractivity contribution in [3.8, 4) is 5.75 Å². The highest BCUT2D eigenvalue weighted by Crippen LogP contribution is 2.31. The minimum atomic E-state index is -0.0358. The van der Waals surface area contributed by atoms with Gasteiger partial charge < -0.3 is 14.5 Å². The Hall–Kier alpha value is -3.52. The third-order valence-corrected chi connectivity index (χ3v) is 9.19. The van der Waals surface area contributed by atoms with Crippen LogP contribution in [0, 0.1) is 5.92 Å². The number of carbonyl (C=O) groups excluding carboxylic acids is 3. The number of hydrogen-bond donors (Lipinski definition) is 0.